The third kappa shape index (κ3) is 6.33. The van der Waals surface area contributed by atoms with Crippen LogP contribution in [0.3, 0.4) is 0 Å². The third-order valence-electron chi connectivity index (χ3n) is 3.44. The summed E-state index contributed by atoms with van der Waals surface area (Å²) in [5.74, 6) is 0.344. The van der Waals surface area contributed by atoms with E-state index in [2.05, 4.69) is 6.92 Å². The van der Waals surface area contributed by atoms with E-state index in [4.69, 9.17) is 23.7 Å². The highest BCUT2D eigenvalue weighted by Crippen LogP contribution is 2.18. The van der Waals surface area contributed by atoms with Crippen molar-refractivity contribution in [2.45, 2.75) is 32.3 Å². The van der Waals surface area contributed by atoms with E-state index in [-0.39, 0.29) is 30.3 Å². The molecule has 0 N–H and O–H groups in total. The molecule has 0 saturated heterocycles. The van der Waals surface area contributed by atoms with Gasteiger partial charge >= 0.3 is 0 Å². The van der Waals surface area contributed by atoms with Crippen LogP contribution in [0.2, 0.25) is 0 Å². The molecule has 0 aliphatic rings. The lowest BCUT2D eigenvalue weighted by molar-refractivity contribution is -0.153. The van der Waals surface area contributed by atoms with Crippen LogP contribution in [0.25, 0.3) is 0 Å². The Kier molecular flexibility index (Phi) is 11.0. The molecule has 0 aliphatic heterocycles. The van der Waals surface area contributed by atoms with Gasteiger partial charge in [-0.1, -0.05) is 26.0 Å². The second kappa shape index (κ2) is 11.2. The highest BCUT2D eigenvalue weighted by molar-refractivity contribution is 4.98. The molecule has 120 valence electrons. The van der Waals surface area contributed by atoms with Gasteiger partial charge in [-0.25, -0.2) is 0 Å². The highest BCUT2D eigenvalue weighted by Gasteiger charge is 2.24. The molecule has 0 aromatic carbocycles. The van der Waals surface area contributed by atoms with E-state index in [1.807, 2.05) is 19.1 Å². The molecule has 0 bridgehead atoms. The Balaban J connectivity index is 4.70. The minimum atomic E-state index is -0.304. The molecule has 0 aromatic rings. The average Bonchev–Trinajstić information content (AvgIpc) is 2.45. The molecule has 0 fully saturated rings. The summed E-state index contributed by atoms with van der Waals surface area (Å²) in [6.07, 6.45) is 3.59. The maximum Gasteiger partial charge on any atom is 0.162 e. The van der Waals surface area contributed by atoms with Gasteiger partial charge in [0.15, 0.2) is 6.29 Å². The standard InChI is InChI=1S/C15H30O5/c1-11(10-16-3)13(17-4)8-9-14(18-5)12(2)15(19-6)20-7/h8-9,11-15H,10H2,1-7H3/b9-8+. The lowest BCUT2D eigenvalue weighted by Gasteiger charge is -2.27. The van der Waals surface area contributed by atoms with Gasteiger partial charge in [0, 0.05) is 47.4 Å². The summed E-state index contributed by atoms with van der Waals surface area (Å²) in [6.45, 7) is 4.76. The first-order chi connectivity index (χ1) is 9.55. The van der Waals surface area contributed by atoms with E-state index < -0.39 is 0 Å². The molecule has 0 heterocycles. The summed E-state index contributed by atoms with van der Waals surface area (Å²) in [6, 6.07) is 0. The van der Waals surface area contributed by atoms with E-state index in [0.29, 0.717) is 6.61 Å². The molecular weight excluding hydrogens is 260 g/mol. The molecule has 0 aromatic heterocycles. The fraction of sp³-hybridized carbons (Fsp3) is 0.867. The zero-order valence-corrected chi connectivity index (χ0v) is 13.8. The first-order valence-electron chi connectivity index (χ1n) is 6.84. The van der Waals surface area contributed by atoms with Crippen molar-refractivity contribution in [3.63, 3.8) is 0 Å². The lowest BCUT2D eigenvalue weighted by Crippen LogP contribution is -2.33. The molecule has 5 nitrogen and oxygen atoms in total. The van der Waals surface area contributed by atoms with Gasteiger partial charge in [-0.2, -0.15) is 0 Å². The number of methoxy groups -OCH3 is 5. The second-order valence-electron chi connectivity index (χ2n) is 4.92. The number of hydrogen-bond donors (Lipinski definition) is 0. The van der Waals surface area contributed by atoms with Gasteiger partial charge in [0.25, 0.3) is 0 Å². The molecule has 20 heavy (non-hydrogen) atoms. The van der Waals surface area contributed by atoms with Crippen LogP contribution in [-0.4, -0.2) is 60.7 Å². The maximum atomic E-state index is 5.50. The van der Waals surface area contributed by atoms with Crippen LogP contribution in [0.1, 0.15) is 13.8 Å². The first-order valence-corrected chi connectivity index (χ1v) is 6.84. The summed E-state index contributed by atoms with van der Waals surface area (Å²) in [7, 11) is 8.31. The SMILES string of the molecule is COCC(C)C(/C=C/C(OC)C(C)C(OC)OC)OC. The van der Waals surface area contributed by atoms with Gasteiger partial charge in [0.1, 0.15) is 0 Å². The predicted molar refractivity (Wildman–Crippen MR) is 78.7 cm³/mol. The normalized spacial score (nSPS) is 18.4. The summed E-state index contributed by atoms with van der Waals surface area (Å²) >= 11 is 0. The van der Waals surface area contributed by atoms with Gasteiger partial charge in [-0.05, 0) is 0 Å². The minimum absolute atomic E-state index is 0.0108. The lowest BCUT2D eigenvalue weighted by atomic mass is 10.00. The zero-order chi connectivity index (χ0) is 15.5. The van der Waals surface area contributed by atoms with E-state index in [0.717, 1.165) is 0 Å². The number of hydrogen-bond acceptors (Lipinski definition) is 5. The van der Waals surface area contributed by atoms with Gasteiger partial charge in [0.05, 0.1) is 18.8 Å². The van der Waals surface area contributed by atoms with Crippen molar-refractivity contribution < 1.29 is 23.7 Å². The summed E-state index contributed by atoms with van der Waals surface area (Å²) < 4.78 is 26.7. The Morgan fingerprint density at radius 1 is 0.750 bits per heavy atom. The third-order valence-corrected chi connectivity index (χ3v) is 3.44. The molecular formula is C15H30O5. The molecule has 0 radical (unpaired) electrons. The van der Waals surface area contributed by atoms with Gasteiger partial charge in [-0.3, -0.25) is 0 Å². The van der Waals surface area contributed by atoms with Gasteiger partial charge in [-0.15, -0.1) is 0 Å². The van der Waals surface area contributed by atoms with Crippen molar-refractivity contribution in [2.75, 3.05) is 42.2 Å². The fourth-order valence-electron chi connectivity index (χ4n) is 2.23. The van der Waals surface area contributed by atoms with Crippen molar-refractivity contribution >= 4 is 0 Å². The minimum Gasteiger partial charge on any atom is -0.384 e. The predicted octanol–water partition coefficient (Wildman–Crippen LogP) is 2.11. The average molecular weight is 290 g/mol. The monoisotopic (exact) mass is 290 g/mol. The molecule has 4 atom stereocenters. The van der Waals surface area contributed by atoms with E-state index in [9.17, 15) is 0 Å². The van der Waals surface area contributed by atoms with E-state index >= 15 is 0 Å². The van der Waals surface area contributed by atoms with Crippen LogP contribution in [-0.2, 0) is 23.7 Å². The van der Waals surface area contributed by atoms with E-state index in [1.165, 1.54) is 0 Å². The first kappa shape index (κ1) is 19.5. The highest BCUT2D eigenvalue weighted by atomic mass is 16.7. The Morgan fingerprint density at radius 2 is 1.25 bits per heavy atom. The van der Waals surface area contributed by atoms with Crippen LogP contribution < -0.4 is 0 Å². The van der Waals surface area contributed by atoms with Gasteiger partial charge < -0.3 is 23.7 Å². The fourth-order valence-corrected chi connectivity index (χ4v) is 2.23. The van der Waals surface area contributed by atoms with Gasteiger partial charge in [0.2, 0.25) is 0 Å². The molecule has 0 amide bonds. The second-order valence-corrected chi connectivity index (χ2v) is 4.92. The molecule has 5 heteroatoms. The van der Waals surface area contributed by atoms with E-state index in [1.54, 1.807) is 35.5 Å². The molecule has 0 rings (SSSR count). The number of ether oxygens (including phenoxy) is 5. The van der Waals surface area contributed by atoms with Crippen LogP contribution in [0.5, 0.6) is 0 Å². The molecule has 4 unspecified atom stereocenters. The summed E-state index contributed by atoms with van der Waals surface area (Å²) in [4.78, 5) is 0. The smallest absolute Gasteiger partial charge is 0.162 e. The Labute approximate surface area is 123 Å². The van der Waals surface area contributed by atoms with Crippen LogP contribution in [0, 0.1) is 11.8 Å². The van der Waals surface area contributed by atoms with Crippen molar-refractivity contribution in [1.82, 2.24) is 0 Å². The van der Waals surface area contributed by atoms with Crippen LogP contribution in [0.15, 0.2) is 12.2 Å². The molecule has 0 spiro atoms. The van der Waals surface area contributed by atoms with Crippen molar-refractivity contribution in [2.24, 2.45) is 11.8 Å². The number of rotatable bonds is 11. The zero-order valence-electron chi connectivity index (χ0n) is 13.8. The Morgan fingerprint density at radius 3 is 1.65 bits per heavy atom. The summed E-state index contributed by atoms with van der Waals surface area (Å²) in [5, 5.41) is 0. The van der Waals surface area contributed by atoms with Crippen molar-refractivity contribution in [1.29, 1.82) is 0 Å². The van der Waals surface area contributed by atoms with Crippen molar-refractivity contribution in [3.8, 4) is 0 Å². The largest absolute Gasteiger partial charge is 0.384 e. The van der Waals surface area contributed by atoms with Crippen LogP contribution >= 0.6 is 0 Å². The molecule has 0 aliphatic carbocycles. The van der Waals surface area contributed by atoms with Crippen LogP contribution in [0.4, 0.5) is 0 Å². The Bertz CT molecular complexity index is 253. The molecule has 0 saturated carbocycles. The Hall–Kier alpha value is -0.460. The topological polar surface area (TPSA) is 46.2 Å². The maximum absolute atomic E-state index is 5.50. The van der Waals surface area contributed by atoms with Crippen molar-refractivity contribution in [3.05, 3.63) is 12.2 Å². The summed E-state index contributed by atoms with van der Waals surface area (Å²) in [5.41, 5.74) is 0. The quantitative estimate of drug-likeness (QED) is 0.431.